The molecule has 0 unspecified atom stereocenters. The van der Waals surface area contributed by atoms with Gasteiger partial charge in [-0.3, -0.25) is 4.79 Å². The SMILES string of the molecule is CN(C)C1CCN(C(=O)c2ccc(Cl)nc2Cl)CC1. The van der Waals surface area contributed by atoms with Gasteiger partial charge < -0.3 is 9.80 Å². The largest absolute Gasteiger partial charge is 0.338 e. The molecule has 0 spiro atoms. The third-order valence-corrected chi connectivity index (χ3v) is 4.03. The van der Waals surface area contributed by atoms with Crippen LogP contribution in [0, 0.1) is 0 Å². The van der Waals surface area contributed by atoms with Crippen LogP contribution in [0.15, 0.2) is 12.1 Å². The van der Waals surface area contributed by atoms with Crippen LogP contribution < -0.4 is 0 Å². The number of carbonyl (C=O) groups excluding carboxylic acids is 1. The van der Waals surface area contributed by atoms with Crippen molar-refractivity contribution in [3.05, 3.63) is 28.0 Å². The fraction of sp³-hybridized carbons (Fsp3) is 0.538. The van der Waals surface area contributed by atoms with E-state index in [-0.39, 0.29) is 11.1 Å². The maximum Gasteiger partial charge on any atom is 0.256 e. The Morgan fingerprint density at radius 1 is 1.32 bits per heavy atom. The van der Waals surface area contributed by atoms with Crippen LogP contribution in [0.2, 0.25) is 10.3 Å². The summed E-state index contributed by atoms with van der Waals surface area (Å²) in [7, 11) is 4.14. The lowest BCUT2D eigenvalue weighted by Crippen LogP contribution is -2.44. The summed E-state index contributed by atoms with van der Waals surface area (Å²) in [5.41, 5.74) is 0.425. The number of halogens is 2. The first-order valence-electron chi connectivity index (χ1n) is 6.27. The standard InChI is InChI=1S/C13H17Cl2N3O/c1-17(2)9-5-7-18(8-6-9)13(19)10-3-4-11(14)16-12(10)15/h3-4,9H,5-8H2,1-2H3. The lowest BCUT2D eigenvalue weighted by atomic mass is 10.0. The van der Waals surface area contributed by atoms with Gasteiger partial charge in [-0.15, -0.1) is 0 Å². The first kappa shape index (κ1) is 14.6. The summed E-state index contributed by atoms with van der Waals surface area (Å²) in [4.78, 5) is 20.3. The van der Waals surface area contributed by atoms with E-state index in [1.165, 1.54) is 0 Å². The maximum atomic E-state index is 12.4. The molecule has 4 nitrogen and oxygen atoms in total. The van der Waals surface area contributed by atoms with E-state index in [0.29, 0.717) is 16.8 Å². The normalized spacial score (nSPS) is 17.0. The fourth-order valence-corrected chi connectivity index (χ4v) is 2.75. The number of likely N-dealkylation sites (tertiary alicyclic amines) is 1. The predicted molar refractivity (Wildman–Crippen MR) is 76.9 cm³/mol. The zero-order valence-electron chi connectivity index (χ0n) is 11.1. The van der Waals surface area contributed by atoms with Crippen LogP contribution in [0.4, 0.5) is 0 Å². The number of hydrogen-bond acceptors (Lipinski definition) is 3. The molecule has 0 atom stereocenters. The van der Waals surface area contributed by atoms with Crippen LogP contribution in [0.5, 0.6) is 0 Å². The van der Waals surface area contributed by atoms with Gasteiger partial charge in [0.05, 0.1) is 5.56 Å². The summed E-state index contributed by atoms with van der Waals surface area (Å²) in [6.45, 7) is 1.50. The first-order valence-corrected chi connectivity index (χ1v) is 7.02. The van der Waals surface area contributed by atoms with E-state index < -0.39 is 0 Å². The van der Waals surface area contributed by atoms with Crippen LogP contribution in [0.3, 0.4) is 0 Å². The smallest absolute Gasteiger partial charge is 0.256 e. The van der Waals surface area contributed by atoms with Crippen molar-refractivity contribution < 1.29 is 4.79 Å². The Kier molecular flexibility index (Phi) is 4.66. The van der Waals surface area contributed by atoms with Gasteiger partial charge in [-0.2, -0.15) is 0 Å². The maximum absolute atomic E-state index is 12.4. The molecular formula is C13H17Cl2N3O. The molecule has 1 aromatic heterocycles. The Labute approximate surface area is 123 Å². The number of piperidine rings is 1. The van der Waals surface area contributed by atoms with Gasteiger partial charge in [0, 0.05) is 19.1 Å². The van der Waals surface area contributed by atoms with E-state index in [4.69, 9.17) is 23.2 Å². The molecule has 1 amide bonds. The van der Waals surface area contributed by atoms with E-state index >= 15 is 0 Å². The topological polar surface area (TPSA) is 36.4 Å². The average Bonchev–Trinajstić information content (AvgIpc) is 2.38. The van der Waals surface area contributed by atoms with E-state index in [1.54, 1.807) is 12.1 Å². The third-order valence-electron chi connectivity index (χ3n) is 3.53. The molecule has 6 heteroatoms. The van der Waals surface area contributed by atoms with E-state index in [9.17, 15) is 4.79 Å². The minimum Gasteiger partial charge on any atom is -0.338 e. The van der Waals surface area contributed by atoms with Crippen LogP contribution in [-0.4, -0.2) is 53.9 Å². The third kappa shape index (κ3) is 3.38. The van der Waals surface area contributed by atoms with Crippen molar-refractivity contribution in [1.29, 1.82) is 0 Å². The highest BCUT2D eigenvalue weighted by atomic mass is 35.5. The molecule has 1 aliphatic heterocycles. The van der Waals surface area contributed by atoms with Gasteiger partial charge in [-0.05, 0) is 39.1 Å². The van der Waals surface area contributed by atoms with Gasteiger partial charge in [-0.1, -0.05) is 23.2 Å². The van der Waals surface area contributed by atoms with E-state index in [0.717, 1.165) is 25.9 Å². The summed E-state index contributed by atoms with van der Waals surface area (Å²) < 4.78 is 0. The van der Waals surface area contributed by atoms with Crippen molar-refractivity contribution in [1.82, 2.24) is 14.8 Å². The lowest BCUT2D eigenvalue weighted by Gasteiger charge is -2.35. The second-order valence-electron chi connectivity index (χ2n) is 4.96. The molecule has 0 aliphatic carbocycles. The number of nitrogens with zero attached hydrogens (tertiary/aromatic N) is 3. The molecule has 0 aromatic carbocycles. The quantitative estimate of drug-likeness (QED) is 0.788. The van der Waals surface area contributed by atoms with E-state index in [2.05, 4.69) is 24.0 Å². The summed E-state index contributed by atoms with van der Waals surface area (Å²) in [5, 5.41) is 0.472. The molecule has 104 valence electrons. The average molecular weight is 302 g/mol. The Morgan fingerprint density at radius 2 is 1.95 bits per heavy atom. The van der Waals surface area contributed by atoms with Gasteiger partial charge >= 0.3 is 0 Å². The highest BCUT2D eigenvalue weighted by molar-refractivity contribution is 6.34. The van der Waals surface area contributed by atoms with Crippen molar-refractivity contribution in [2.24, 2.45) is 0 Å². The van der Waals surface area contributed by atoms with Crippen molar-refractivity contribution >= 4 is 29.1 Å². The molecule has 1 fully saturated rings. The van der Waals surface area contributed by atoms with Gasteiger partial charge in [0.2, 0.25) is 0 Å². The predicted octanol–water partition coefficient (Wildman–Crippen LogP) is 2.55. The molecular weight excluding hydrogens is 285 g/mol. The number of carbonyl (C=O) groups is 1. The highest BCUT2D eigenvalue weighted by Gasteiger charge is 2.26. The zero-order valence-corrected chi connectivity index (χ0v) is 12.6. The Balaban J connectivity index is 2.05. The molecule has 1 aromatic rings. The Hall–Kier alpha value is -0.840. The number of amides is 1. The number of aromatic nitrogens is 1. The molecule has 0 bridgehead atoms. The van der Waals surface area contributed by atoms with Crippen LogP contribution in [0.25, 0.3) is 0 Å². The molecule has 1 saturated heterocycles. The molecule has 2 heterocycles. The molecule has 0 saturated carbocycles. The van der Waals surface area contributed by atoms with Gasteiger partial charge in [0.25, 0.3) is 5.91 Å². The van der Waals surface area contributed by atoms with Crippen LogP contribution in [0.1, 0.15) is 23.2 Å². The minimum atomic E-state index is -0.0635. The monoisotopic (exact) mass is 301 g/mol. The Bertz CT molecular complexity index is 471. The Morgan fingerprint density at radius 3 is 2.47 bits per heavy atom. The van der Waals surface area contributed by atoms with E-state index in [1.807, 2.05) is 4.90 Å². The molecule has 0 radical (unpaired) electrons. The number of hydrogen-bond donors (Lipinski definition) is 0. The minimum absolute atomic E-state index is 0.0635. The number of pyridine rings is 1. The van der Waals surface area contributed by atoms with Crippen molar-refractivity contribution in [3.8, 4) is 0 Å². The lowest BCUT2D eigenvalue weighted by molar-refractivity contribution is 0.0663. The van der Waals surface area contributed by atoms with Crippen molar-refractivity contribution in [2.45, 2.75) is 18.9 Å². The van der Waals surface area contributed by atoms with Gasteiger partial charge in [-0.25, -0.2) is 4.98 Å². The highest BCUT2D eigenvalue weighted by Crippen LogP contribution is 2.21. The van der Waals surface area contributed by atoms with Gasteiger partial charge in [0.15, 0.2) is 0 Å². The van der Waals surface area contributed by atoms with Crippen molar-refractivity contribution in [3.63, 3.8) is 0 Å². The first-order chi connectivity index (χ1) is 8.99. The molecule has 1 aliphatic rings. The number of rotatable bonds is 2. The second-order valence-corrected chi connectivity index (χ2v) is 5.70. The summed E-state index contributed by atoms with van der Waals surface area (Å²) in [6.07, 6.45) is 1.97. The van der Waals surface area contributed by atoms with Crippen LogP contribution >= 0.6 is 23.2 Å². The molecule has 0 N–H and O–H groups in total. The van der Waals surface area contributed by atoms with Crippen LogP contribution in [-0.2, 0) is 0 Å². The van der Waals surface area contributed by atoms with Crippen molar-refractivity contribution in [2.75, 3.05) is 27.2 Å². The zero-order chi connectivity index (χ0) is 14.0. The van der Waals surface area contributed by atoms with Gasteiger partial charge in [0.1, 0.15) is 10.3 Å². The second kappa shape index (κ2) is 6.07. The summed E-state index contributed by atoms with van der Waals surface area (Å²) in [6, 6.07) is 3.77. The fourth-order valence-electron chi connectivity index (χ4n) is 2.33. The summed E-state index contributed by atoms with van der Waals surface area (Å²) in [5.74, 6) is -0.0635. The molecule has 2 rings (SSSR count). The summed E-state index contributed by atoms with van der Waals surface area (Å²) >= 11 is 11.7. The molecule has 19 heavy (non-hydrogen) atoms.